The normalized spacial score (nSPS) is 18.2. The molecule has 21 heavy (non-hydrogen) atoms. The number of carbonyl (C=O) groups excluding carboxylic acids is 2. The Bertz CT molecular complexity index is 544. The van der Waals surface area contributed by atoms with E-state index < -0.39 is 6.04 Å². The van der Waals surface area contributed by atoms with E-state index in [4.69, 9.17) is 15.2 Å². The SMILES string of the molecule is COC(=O)C1CCCCN1C(=O)c1cc(N)cc(OC)c1. The Labute approximate surface area is 123 Å². The van der Waals surface area contributed by atoms with Gasteiger partial charge in [0.1, 0.15) is 11.8 Å². The van der Waals surface area contributed by atoms with Crippen LogP contribution >= 0.6 is 0 Å². The molecule has 2 N–H and O–H groups in total. The molecule has 0 saturated carbocycles. The van der Waals surface area contributed by atoms with Crippen LogP contribution in [0, 0.1) is 0 Å². The molecule has 6 heteroatoms. The van der Waals surface area contributed by atoms with Gasteiger partial charge in [-0.1, -0.05) is 0 Å². The second kappa shape index (κ2) is 6.47. The van der Waals surface area contributed by atoms with E-state index in [2.05, 4.69) is 0 Å². The number of nitrogens with two attached hydrogens (primary N) is 1. The lowest BCUT2D eigenvalue weighted by molar-refractivity contribution is -0.147. The maximum Gasteiger partial charge on any atom is 0.328 e. The minimum atomic E-state index is -0.524. The predicted molar refractivity (Wildman–Crippen MR) is 78.1 cm³/mol. The van der Waals surface area contributed by atoms with Crippen molar-refractivity contribution in [3.05, 3.63) is 23.8 Å². The molecule has 0 bridgehead atoms. The van der Waals surface area contributed by atoms with E-state index >= 15 is 0 Å². The van der Waals surface area contributed by atoms with Gasteiger partial charge in [0.15, 0.2) is 0 Å². The second-order valence-electron chi connectivity index (χ2n) is 5.03. The van der Waals surface area contributed by atoms with E-state index in [0.717, 1.165) is 12.8 Å². The minimum Gasteiger partial charge on any atom is -0.497 e. The first-order valence-corrected chi connectivity index (χ1v) is 6.90. The molecule has 1 heterocycles. The van der Waals surface area contributed by atoms with Crippen molar-refractivity contribution < 1.29 is 19.1 Å². The standard InChI is InChI=1S/C15H20N2O4/c1-20-12-8-10(7-11(16)9-12)14(18)17-6-4-3-5-13(17)15(19)21-2/h7-9,13H,3-6,16H2,1-2H3. The van der Waals surface area contributed by atoms with Gasteiger partial charge in [-0.05, 0) is 31.4 Å². The average molecular weight is 292 g/mol. The van der Waals surface area contributed by atoms with Gasteiger partial charge in [-0.3, -0.25) is 4.79 Å². The molecule has 1 aromatic carbocycles. The zero-order valence-electron chi connectivity index (χ0n) is 12.3. The number of esters is 1. The van der Waals surface area contributed by atoms with Crippen LogP contribution in [0.15, 0.2) is 18.2 Å². The first-order chi connectivity index (χ1) is 10.1. The van der Waals surface area contributed by atoms with Crippen LogP contribution in [-0.2, 0) is 9.53 Å². The van der Waals surface area contributed by atoms with Gasteiger partial charge in [0.2, 0.25) is 0 Å². The molecule has 0 radical (unpaired) electrons. The molecule has 1 aromatic rings. The minimum absolute atomic E-state index is 0.226. The first kappa shape index (κ1) is 15.2. The van der Waals surface area contributed by atoms with Gasteiger partial charge in [0.05, 0.1) is 14.2 Å². The fraction of sp³-hybridized carbons (Fsp3) is 0.467. The number of hydrogen-bond donors (Lipinski definition) is 1. The fourth-order valence-corrected chi connectivity index (χ4v) is 2.58. The summed E-state index contributed by atoms with van der Waals surface area (Å²) in [6.07, 6.45) is 2.40. The zero-order chi connectivity index (χ0) is 15.4. The van der Waals surface area contributed by atoms with Crippen LogP contribution in [0.3, 0.4) is 0 Å². The average Bonchev–Trinajstić information content (AvgIpc) is 2.52. The molecule has 1 saturated heterocycles. The van der Waals surface area contributed by atoms with Gasteiger partial charge >= 0.3 is 5.97 Å². The van der Waals surface area contributed by atoms with Crippen LogP contribution in [-0.4, -0.2) is 43.6 Å². The largest absolute Gasteiger partial charge is 0.497 e. The zero-order valence-corrected chi connectivity index (χ0v) is 12.3. The molecule has 114 valence electrons. The van der Waals surface area contributed by atoms with E-state index in [-0.39, 0.29) is 11.9 Å². The first-order valence-electron chi connectivity index (χ1n) is 6.90. The number of likely N-dealkylation sites (tertiary alicyclic amines) is 1. The Hall–Kier alpha value is -2.24. The van der Waals surface area contributed by atoms with Gasteiger partial charge in [-0.25, -0.2) is 4.79 Å². The van der Waals surface area contributed by atoms with E-state index in [9.17, 15) is 9.59 Å². The molecule has 0 aliphatic carbocycles. The summed E-state index contributed by atoms with van der Waals surface area (Å²) in [5.41, 5.74) is 6.65. The number of benzene rings is 1. The molecular formula is C15H20N2O4. The number of amides is 1. The number of nitrogens with zero attached hydrogens (tertiary/aromatic N) is 1. The number of rotatable bonds is 3. The number of nitrogen functional groups attached to an aromatic ring is 1. The van der Waals surface area contributed by atoms with Crippen molar-refractivity contribution in [1.82, 2.24) is 4.90 Å². The number of anilines is 1. The number of methoxy groups -OCH3 is 2. The van der Waals surface area contributed by atoms with Crippen LogP contribution in [0.25, 0.3) is 0 Å². The molecule has 1 aliphatic heterocycles. The summed E-state index contributed by atoms with van der Waals surface area (Å²) in [6, 6.07) is 4.34. The van der Waals surface area contributed by atoms with Crippen LogP contribution in [0.1, 0.15) is 29.6 Å². The second-order valence-corrected chi connectivity index (χ2v) is 5.03. The predicted octanol–water partition coefficient (Wildman–Crippen LogP) is 1.45. The van der Waals surface area contributed by atoms with Crippen molar-refractivity contribution in [3.8, 4) is 5.75 Å². The molecule has 2 rings (SSSR count). The Morgan fingerprint density at radius 3 is 2.67 bits per heavy atom. The Kier molecular flexibility index (Phi) is 4.67. The summed E-state index contributed by atoms with van der Waals surface area (Å²) in [6.45, 7) is 0.537. The van der Waals surface area contributed by atoms with E-state index in [1.54, 1.807) is 23.1 Å². The third-order valence-corrected chi connectivity index (χ3v) is 3.65. The van der Waals surface area contributed by atoms with Crippen molar-refractivity contribution in [2.24, 2.45) is 0 Å². The van der Waals surface area contributed by atoms with Crippen molar-refractivity contribution in [2.75, 3.05) is 26.5 Å². The van der Waals surface area contributed by atoms with E-state index in [1.807, 2.05) is 0 Å². The van der Waals surface area contributed by atoms with Crippen molar-refractivity contribution >= 4 is 17.6 Å². The highest BCUT2D eigenvalue weighted by molar-refractivity contribution is 5.98. The fourth-order valence-electron chi connectivity index (χ4n) is 2.58. The highest BCUT2D eigenvalue weighted by atomic mass is 16.5. The summed E-state index contributed by atoms with van der Waals surface area (Å²) in [7, 11) is 2.85. The number of hydrogen-bond acceptors (Lipinski definition) is 5. The van der Waals surface area contributed by atoms with Crippen molar-refractivity contribution in [1.29, 1.82) is 0 Å². The lowest BCUT2D eigenvalue weighted by Gasteiger charge is -2.33. The third kappa shape index (κ3) is 3.26. The number of ether oxygens (including phenoxy) is 2. The molecule has 1 aliphatic rings. The highest BCUT2D eigenvalue weighted by Crippen LogP contribution is 2.24. The lowest BCUT2D eigenvalue weighted by Crippen LogP contribution is -2.48. The maximum atomic E-state index is 12.7. The molecule has 1 atom stereocenters. The molecule has 1 amide bonds. The highest BCUT2D eigenvalue weighted by Gasteiger charge is 2.33. The Morgan fingerprint density at radius 2 is 2.00 bits per heavy atom. The van der Waals surface area contributed by atoms with Crippen LogP contribution in [0.5, 0.6) is 5.75 Å². The van der Waals surface area contributed by atoms with Crippen LogP contribution in [0.2, 0.25) is 0 Å². The lowest BCUT2D eigenvalue weighted by atomic mass is 10.0. The van der Waals surface area contributed by atoms with Crippen molar-refractivity contribution in [3.63, 3.8) is 0 Å². The topological polar surface area (TPSA) is 81.9 Å². The summed E-state index contributed by atoms with van der Waals surface area (Å²) < 4.78 is 9.92. The van der Waals surface area contributed by atoms with Gasteiger partial charge in [-0.2, -0.15) is 0 Å². The summed E-state index contributed by atoms with van der Waals surface area (Å²) in [5.74, 6) is -0.0837. The van der Waals surface area contributed by atoms with Crippen LogP contribution < -0.4 is 10.5 Å². The van der Waals surface area contributed by atoms with Gasteiger partial charge in [0, 0.05) is 23.9 Å². The van der Waals surface area contributed by atoms with E-state index in [0.29, 0.717) is 30.0 Å². The molecular weight excluding hydrogens is 272 g/mol. The molecule has 0 aromatic heterocycles. The summed E-state index contributed by atoms with van der Waals surface area (Å²) in [5, 5.41) is 0. The third-order valence-electron chi connectivity index (χ3n) is 3.65. The van der Waals surface area contributed by atoms with Crippen molar-refractivity contribution in [2.45, 2.75) is 25.3 Å². The van der Waals surface area contributed by atoms with Gasteiger partial charge < -0.3 is 20.1 Å². The van der Waals surface area contributed by atoms with Gasteiger partial charge in [-0.15, -0.1) is 0 Å². The number of piperidine rings is 1. The monoisotopic (exact) mass is 292 g/mol. The number of carbonyl (C=O) groups is 2. The Morgan fingerprint density at radius 1 is 1.24 bits per heavy atom. The van der Waals surface area contributed by atoms with E-state index in [1.165, 1.54) is 14.2 Å². The molecule has 6 nitrogen and oxygen atoms in total. The maximum absolute atomic E-state index is 12.7. The van der Waals surface area contributed by atoms with Crippen LogP contribution in [0.4, 0.5) is 5.69 Å². The van der Waals surface area contributed by atoms with Gasteiger partial charge in [0.25, 0.3) is 5.91 Å². The smallest absolute Gasteiger partial charge is 0.328 e. The summed E-state index contributed by atoms with van der Waals surface area (Å²) in [4.78, 5) is 26.1. The Balaban J connectivity index is 2.28. The quantitative estimate of drug-likeness (QED) is 0.673. The molecule has 1 fully saturated rings. The summed E-state index contributed by atoms with van der Waals surface area (Å²) >= 11 is 0. The molecule has 0 spiro atoms. The molecule has 1 unspecified atom stereocenters.